The lowest BCUT2D eigenvalue weighted by Crippen LogP contribution is -2.61. The van der Waals surface area contributed by atoms with Crippen LogP contribution in [0.2, 0.25) is 0 Å². The van der Waals surface area contributed by atoms with E-state index in [4.69, 9.17) is 41.8 Å². The summed E-state index contributed by atoms with van der Waals surface area (Å²) in [4.78, 5) is 110. The first kappa shape index (κ1) is 64.6. The van der Waals surface area contributed by atoms with Crippen molar-refractivity contribution in [3.8, 4) is 28.6 Å². The van der Waals surface area contributed by atoms with Crippen molar-refractivity contribution >= 4 is 62.9 Å². The Kier molecular flexibility index (Phi) is 17.8. The maximum atomic E-state index is 16.8. The van der Waals surface area contributed by atoms with E-state index in [0.29, 0.717) is 16.8 Å². The highest BCUT2D eigenvalue weighted by Crippen LogP contribution is 2.46. The number of hydrogen-bond acceptors (Lipinski definition) is 27. The fraction of sp³-hybridized carbons (Fsp3) is 0.456. The third-order valence-corrected chi connectivity index (χ3v) is 17.5. The van der Waals surface area contributed by atoms with Crippen LogP contribution in [0.5, 0.6) is 17.2 Å². The Balaban J connectivity index is 0.835. The molecule has 0 radical (unpaired) electrons. The molecule has 3 amide bonds. The Morgan fingerprint density at radius 2 is 1.58 bits per heavy atom. The summed E-state index contributed by atoms with van der Waals surface area (Å²) in [6.07, 6.45) is -14.4. The molecule has 35 heteroatoms. The van der Waals surface area contributed by atoms with E-state index in [1.165, 1.54) is 40.4 Å². The molecule has 0 bridgehead atoms. The standard InChI is InChI=1S/C57H58FN7O26S/c1-3-57(89-40(68)23-85-37-16-28(53(77)78)43(69)45(71)44(37)70)31-17-34-42-29(21-64(34)52(76)30(31)22-86-56(57)81)26-5-4-6-27-41(26)33(59-42)18-32(58)49(27)91-92(82,83)90-36-15-24(7-8-35(36)87-55-48(74)46(72)47(73)50(88-55)54(79)80)51(75)62(2)11-13-84-14-12-63-19-25(60-61-63)20-65-38(66)9-10-39(65)67/h7-10,15,17-19,28,37,43-48,50,55,69-74H,3-6,11-14,16,20-23H2,1-2H3,(H,77,78)(H,79,80)/t28-,37?,43+,44-,45-,46-,47-,48+,50-,55?,57-/m0/s1. The highest BCUT2D eigenvalue weighted by molar-refractivity contribution is 7.82. The van der Waals surface area contributed by atoms with Crippen molar-refractivity contribution in [1.29, 1.82) is 0 Å². The number of hydrogen-bond donors (Lipinski definition) is 8. The molecule has 1 saturated heterocycles. The predicted octanol–water partition coefficient (Wildman–Crippen LogP) is -2.39. The molecule has 92 heavy (non-hydrogen) atoms. The molecule has 4 aliphatic heterocycles. The van der Waals surface area contributed by atoms with Gasteiger partial charge in [-0.15, -0.1) is 13.5 Å². The molecule has 2 aliphatic carbocycles. The predicted molar refractivity (Wildman–Crippen MR) is 298 cm³/mol. The highest BCUT2D eigenvalue weighted by atomic mass is 32.3. The van der Waals surface area contributed by atoms with Crippen LogP contribution in [-0.4, -0.2) is 214 Å². The fourth-order valence-electron chi connectivity index (χ4n) is 11.9. The van der Waals surface area contributed by atoms with Crippen molar-refractivity contribution in [1.82, 2.24) is 34.3 Å². The minimum atomic E-state index is -5.55. The number of ether oxygens (including phenoxy) is 6. The van der Waals surface area contributed by atoms with Gasteiger partial charge in [0, 0.05) is 59.5 Å². The first-order valence-corrected chi connectivity index (χ1v) is 29.9. The van der Waals surface area contributed by atoms with Gasteiger partial charge < -0.3 is 87.1 Å². The summed E-state index contributed by atoms with van der Waals surface area (Å²) in [5.74, 6) is -12.6. The van der Waals surface area contributed by atoms with E-state index in [9.17, 15) is 87.6 Å². The number of aliphatic hydroxyl groups is 6. The monoisotopic (exact) mass is 1310 g/mol. The van der Waals surface area contributed by atoms with Crippen LogP contribution in [0.15, 0.2) is 53.5 Å². The minimum absolute atomic E-state index is 0.00121. The summed E-state index contributed by atoms with van der Waals surface area (Å²) in [5, 5.41) is 90.1. The Morgan fingerprint density at radius 3 is 2.29 bits per heavy atom. The van der Waals surface area contributed by atoms with Gasteiger partial charge in [0.05, 0.1) is 79.6 Å². The first-order valence-electron chi connectivity index (χ1n) is 28.6. The van der Waals surface area contributed by atoms with Gasteiger partial charge in [-0.1, -0.05) is 12.1 Å². The van der Waals surface area contributed by atoms with Crippen LogP contribution in [0.3, 0.4) is 0 Å². The van der Waals surface area contributed by atoms with Crippen molar-refractivity contribution in [2.75, 3.05) is 33.4 Å². The highest BCUT2D eigenvalue weighted by Gasteiger charge is 2.53. The number of cyclic esters (lactones) is 1. The number of rotatable bonds is 22. The number of aliphatic hydroxyl groups excluding tert-OH is 6. The first-order chi connectivity index (χ1) is 43.7. The number of pyridine rings is 2. The van der Waals surface area contributed by atoms with E-state index in [2.05, 4.69) is 10.3 Å². The van der Waals surface area contributed by atoms with E-state index >= 15 is 4.39 Å². The lowest BCUT2D eigenvalue weighted by Gasteiger charge is -2.38. The van der Waals surface area contributed by atoms with Gasteiger partial charge in [-0.25, -0.2) is 28.4 Å². The molecule has 1 saturated carbocycles. The van der Waals surface area contributed by atoms with Crippen LogP contribution in [0.4, 0.5) is 4.39 Å². The molecule has 2 unspecified atom stereocenters. The molecule has 2 fully saturated rings. The number of imide groups is 1. The Morgan fingerprint density at radius 1 is 0.848 bits per heavy atom. The maximum absolute atomic E-state index is 16.8. The second-order valence-corrected chi connectivity index (χ2v) is 23.5. The molecule has 33 nitrogen and oxygen atoms in total. The molecule has 3 aromatic heterocycles. The van der Waals surface area contributed by atoms with E-state index < -0.39 is 167 Å². The van der Waals surface area contributed by atoms with Gasteiger partial charge in [0.1, 0.15) is 49.4 Å². The number of aromatic nitrogens is 5. The molecule has 8 N–H and O–H groups in total. The van der Waals surface area contributed by atoms with Crippen LogP contribution in [0.1, 0.15) is 70.1 Å². The largest absolute Gasteiger partial charge is 0.501 e. The van der Waals surface area contributed by atoms with Crippen molar-refractivity contribution in [3.63, 3.8) is 0 Å². The number of carboxylic acids is 2. The Bertz CT molecular complexity index is 4070. The Labute approximate surface area is 517 Å². The summed E-state index contributed by atoms with van der Waals surface area (Å²) in [7, 11) is -4.18. The van der Waals surface area contributed by atoms with Crippen LogP contribution in [0.25, 0.3) is 22.3 Å². The van der Waals surface area contributed by atoms with Crippen molar-refractivity contribution < 1.29 is 124 Å². The smallest absolute Gasteiger partial charge is 0.481 e. The van der Waals surface area contributed by atoms with Crippen molar-refractivity contribution in [3.05, 3.63) is 104 Å². The van der Waals surface area contributed by atoms with Crippen molar-refractivity contribution in [2.24, 2.45) is 5.92 Å². The number of carbonyl (C=O) groups excluding carboxylic acids is 5. The normalized spacial score (nSPS) is 25.6. The number of benzene rings is 2. The van der Waals surface area contributed by atoms with Gasteiger partial charge in [0.2, 0.25) is 11.9 Å². The second kappa shape index (κ2) is 25.3. The SMILES string of the molecule is CC[C@@]1(OC(=O)COC2C[C@H](C(=O)O)[C@@H](O)[C@H](O)[C@H]2O)C(=O)OCc2c1cc1n(c2=O)Cc2c-1nc1cc(F)c(OS(=O)(=O)Oc3cc(C(=O)N(C)CCOCCn4cc(CN5C(=O)C=CC5=O)nn4)ccc3OC3O[C@H](C(=O)O)[C@@H](O)[C@H](O)[C@H]3O)c3c1c2CCC3. The molecular weight excluding hydrogens is 1250 g/mol. The van der Waals surface area contributed by atoms with Crippen LogP contribution in [0, 0.1) is 11.7 Å². The number of nitrogens with zero attached hydrogens (tertiary/aromatic N) is 7. The molecule has 0 spiro atoms. The number of carbonyl (C=O) groups is 7. The van der Waals surface area contributed by atoms with E-state index in [1.807, 2.05) is 0 Å². The van der Waals surface area contributed by atoms with Crippen molar-refractivity contribution in [2.45, 2.75) is 126 Å². The zero-order chi connectivity index (χ0) is 66.0. The number of fused-ring (bicyclic) bond motifs is 5. The lowest BCUT2D eigenvalue weighted by atomic mass is 9.81. The zero-order valence-electron chi connectivity index (χ0n) is 48.4. The van der Waals surface area contributed by atoms with Gasteiger partial charge in [0.15, 0.2) is 29.2 Å². The average Bonchev–Trinajstić information content (AvgIpc) is 1.45. The van der Waals surface area contributed by atoms with E-state index in [-0.39, 0.29) is 110 Å². The third-order valence-electron chi connectivity index (χ3n) is 16.7. The maximum Gasteiger partial charge on any atom is 0.501 e. The molecule has 7 heterocycles. The lowest BCUT2D eigenvalue weighted by molar-refractivity contribution is -0.271. The second-order valence-electron chi connectivity index (χ2n) is 22.4. The van der Waals surface area contributed by atoms with E-state index in [0.717, 1.165) is 41.3 Å². The van der Waals surface area contributed by atoms with Crippen LogP contribution >= 0.6 is 0 Å². The molecule has 6 aliphatic rings. The fourth-order valence-corrected chi connectivity index (χ4v) is 12.7. The number of amides is 3. The van der Waals surface area contributed by atoms with Crippen LogP contribution < -0.4 is 18.7 Å². The zero-order valence-corrected chi connectivity index (χ0v) is 49.2. The van der Waals surface area contributed by atoms with Gasteiger partial charge in [-0.05, 0) is 61.9 Å². The summed E-state index contributed by atoms with van der Waals surface area (Å²) in [6, 6.07) is 5.25. The topological polar surface area (TPSA) is 461 Å². The summed E-state index contributed by atoms with van der Waals surface area (Å²) < 4.78 is 92.0. The quantitative estimate of drug-likeness (QED) is 0.0200. The molecule has 2 aromatic carbocycles. The summed E-state index contributed by atoms with van der Waals surface area (Å²) >= 11 is 0. The minimum Gasteiger partial charge on any atom is -0.481 e. The molecular formula is C57H58FN7O26S. The van der Waals surface area contributed by atoms with Gasteiger partial charge in [-0.3, -0.25) is 28.9 Å². The molecule has 11 rings (SSSR count). The number of aryl methyl sites for hydroxylation is 2. The van der Waals surface area contributed by atoms with Crippen LogP contribution in [-0.2, 0) is 108 Å². The number of halogens is 1. The average molecular weight is 1310 g/mol. The molecule has 490 valence electrons. The third kappa shape index (κ3) is 12.0. The number of likely N-dealkylation sites (N-methyl/N-ethyl adjacent to an activating group) is 1. The van der Waals surface area contributed by atoms with Gasteiger partial charge in [0.25, 0.3) is 23.3 Å². The summed E-state index contributed by atoms with van der Waals surface area (Å²) in [6.45, 7) is -0.189. The van der Waals surface area contributed by atoms with Gasteiger partial charge >= 0.3 is 34.3 Å². The molecule has 11 atom stereocenters. The van der Waals surface area contributed by atoms with Gasteiger partial charge in [-0.2, -0.15) is 0 Å². The Hall–Kier alpha value is -8.91. The number of esters is 2. The summed E-state index contributed by atoms with van der Waals surface area (Å²) in [5.41, 5.74) is -1.90. The molecule has 5 aromatic rings. The van der Waals surface area contributed by atoms with E-state index in [1.54, 1.807) is 0 Å². The number of carboxylic acid groups (broad SMARTS) is 2. The number of aliphatic carboxylic acids is 2.